The Morgan fingerprint density at radius 2 is 1.95 bits per heavy atom. The molecule has 0 saturated carbocycles. The molecule has 0 aliphatic carbocycles. The van der Waals surface area contributed by atoms with Crippen LogP contribution in [0.3, 0.4) is 0 Å². The van der Waals surface area contributed by atoms with Crippen LogP contribution in [0.15, 0.2) is 52.4 Å². The fourth-order valence-corrected chi connectivity index (χ4v) is 3.50. The number of aromatic nitrogens is 1. The van der Waals surface area contributed by atoms with E-state index in [1.807, 2.05) is 0 Å². The number of para-hydroxylation sites is 1. The second-order valence-electron chi connectivity index (χ2n) is 3.79. The van der Waals surface area contributed by atoms with Gasteiger partial charge in [0, 0.05) is 11.1 Å². The molecule has 4 nitrogen and oxygen atoms in total. The molecule has 0 unspecified atom stereocenters. The van der Waals surface area contributed by atoms with E-state index >= 15 is 0 Å². The highest BCUT2D eigenvalue weighted by molar-refractivity contribution is 7.99. The topological polar surface area (TPSA) is 59.1 Å². The van der Waals surface area contributed by atoms with E-state index in [-0.39, 0.29) is 32.4 Å². The van der Waals surface area contributed by atoms with Crippen molar-refractivity contribution in [2.75, 3.05) is 4.72 Å². The molecule has 9 heteroatoms. The van der Waals surface area contributed by atoms with Gasteiger partial charge in [0.15, 0.2) is 0 Å². The van der Waals surface area contributed by atoms with Crippen LogP contribution in [0.1, 0.15) is 0 Å². The number of anilines is 1. The second-order valence-corrected chi connectivity index (χ2v) is 6.90. The summed E-state index contributed by atoms with van der Waals surface area (Å²) in [5, 5.41) is 0.0214. The lowest BCUT2D eigenvalue weighted by Gasteiger charge is -2.12. The summed E-state index contributed by atoms with van der Waals surface area (Å²) >= 11 is 5.91. The van der Waals surface area contributed by atoms with Gasteiger partial charge < -0.3 is 0 Å². The van der Waals surface area contributed by atoms with E-state index < -0.39 is 15.8 Å². The normalized spacial score (nSPS) is 11.6. The van der Waals surface area contributed by atoms with E-state index in [2.05, 4.69) is 9.71 Å². The lowest BCUT2D eigenvalue weighted by atomic mass is 10.3. The van der Waals surface area contributed by atoms with Gasteiger partial charge in [0.2, 0.25) is 0 Å². The van der Waals surface area contributed by atoms with E-state index in [0.29, 0.717) is 0 Å². The van der Waals surface area contributed by atoms with E-state index in [9.17, 15) is 17.2 Å². The third kappa shape index (κ3) is 4.29. The van der Waals surface area contributed by atoms with Crippen LogP contribution in [0.2, 0.25) is 5.15 Å². The fourth-order valence-electron chi connectivity index (χ4n) is 1.51. The van der Waals surface area contributed by atoms with Crippen LogP contribution in [0.4, 0.5) is 14.5 Å². The van der Waals surface area contributed by atoms with Gasteiger partial charge in [-0.15, -0.1) is 0 Å². The average molecular weight is 351 g/mol. The largest absolute Gasteiger partial charge is 0.288 e. The van der Waals surface area contributed by atoms with Gasteiger partial charge in [-0.2, -0.15) is 8.78 Å². The Kier molecular flexibility index (Phi) is 5.02. The van der Waals surface area contributed by atoms with Crippen molar-refractivity contribution >= 4 is 39.1 Å². The third-order valence-electron chi connectivity index (χ3n) is 2.36. The van der Waals surface area contributed by atoms with Crippen LogP contribution < -0.4 is 4.72 Å². The van der Waals surface area contributed by atoms with Crippen molar-refractivity contribution in [2.24, 2.45) is 0 Å². The maximum Gasteiger partial charge on any atom is 0.288 e. The fraction of sp³-hybridized carbons (Fsp3) is 0.0833. The molecule has 2 rings (SSSR count). The molecule has 0 spiro atoms. The molecular formula is C12H9ClF2N2O2S2. The summed E-state index contributed by atoms with van der Waals surface area (Å²) in [5.74, 6) is -2.65. The first-order valence-electron chi connectivity index (χ1n) is 5.57. The molecule has 21 heavy (non-hydrogen) atoms. The molecule has 1 N–H and O–H groups in total. The number of benzene rings is 1. The number of hydrogen-bond acceptors (Lipinski definition) is 4. The molecule has 0 amide bonds. The van der Waals surface area contributed by atoms with Crippen LogP contribution >= 0.6 is 23.4 Å². The first kappa shape index (κ1) is 16.0. The number of nitrogens with one attached hydrogen (secondary N) is 1. The van der Waals surface area contributed by atoms with Crippen molar-refractivity contribution in [3.05, 3.63) is 47.7 Å². The highest BCUT2D eigenvalue weighted by Gasteiger charge is 2.18. The summed E-state index contributed by atoms with van der Waals surface area (Å²) in [5.41, 5.74) is 0.0794. The zero-order chi connectivity index (χ0) is 15.5. The molecule has 112 valence electrons. The molecule has 0 fully saturated rings. The summed E-state index contributed by atoms with van der Waals surface area (Å²) in [4.78, 5) is 3.72. The monoisotopic (exact) mass is 350 g/mol. The molecule has 1 aromatic carbocycles. The Morgan fingerprint density at radius 3 is 2.62 bits per heavy atom. The summed E-state index contributed by atoms with van der Waals surface area (Å²) in [6.45, 7) is 0. The van der Waals surface area contributed by atoms with E-state index in [4.69, 9.17) is 11.6 Å². The van der Waals surface area contributed by atoms with Gasteiger partial charge in [-0.25, -0.2) is 13.4 Å². The van der Waals surface area contributed by atoms with Crippen molar-refractivity contribution in [2.45, 2.75) is 15.5 Å². The Bertz CT molecular complexity index is 742. The van der Waals surface area contributed by atoms with Crippen LogP contribution in [-0.4, -0.2) is 19.2 Å². The van der Waals surface area contributed by atoms with Crippen molar-refractivity contribution in [1.29, 1.82) is 0 Å². The smallest absolute Gasteiger partial charge is 0.278 e. The Morgan fingerprint density at radius 1 is 1.24 bits per heavy atom. The number of alkyl halides is 2. The molecule has 2 aromatic rings. The first-order valence-corrected chi connectivity index (χ1v) is 8.31. The lowest BCUT2D eigenvalue weighted by Crippen LogP contribution is -2.13. The maximum absolute atomic E-state index is 12.5. The van der Waals surface area contributed by atoms with Gasteiger partial charge in [-0.1, -0.05) is 35.5 Å². The second kappa shape index (κ2) is 6.59. The number of nitrogens with zero attached hydrogens (tertiary/aromatic N) is 1. The predicted octanol–water partition coefficient (Wildman–Crippen LogP) is 3.85. The number of thioether (sulfide) groups is 1. The van der Waals surface area contributed by atoms with Crippen LogP contribution in [0.5, 0.6) is 0 Å². The van der Waals surface area contributed by atoms with Crippen LogP contribution in [0, 0.1) is 0 Å². The molecule has 0 saturated heterocycles. The molecule has 0 radical (unpaired) electrons. The zero-order valence-corrected chi connectivity index (χ0v) is 12.7. The highest BCUT2D eigenvalue weighted by Crippen LogP contribution is 2.32. The van der Waals surface area contributed by atoms with Gasteiger partial charge in [-0.05, 0) is 24.3 Å². The van der Waals surface area contributed by atoms with E-state index in [1.54, 1.807) is 12.1 Å². The number of hydrogen-bond donors (Lipinski definition) is 1. The number of pyridine rings is 1. The standard InChI is InChI=1S/C12H9ClF2N2O2S2/c13-11-7-8(5-6-16-11)21(18,19)17-9-3-1-2-4-10(9)20-12(14)15/h1-7,12,17H. The molecule has 0 aliphatic rings. The van der Waals surface area contributed by atoms with Crippen molar-refractivity contribution < 1.29 is 17.2 Å². The summed E-state index contributed by atoms with van der Waals surface area (Å²) in [6, 6.07) is 8.35. The molecular weight excluding hydrogens is 342 g/mol. The summed E-state index contributed by atoms with van der Waals surface area (Å²) in [7, 11) is -3.93. The molecule has 1 aromatic heterocycles. The summed E-state index contributed by atoms with van der Waals surface area (Å²) in [6.07, 6.45) is 1.25. The molecule has 0 atom stereocenters. The lowest BCUT2D eigenvalue weighted by molar-refractivity contribution is 0.252. The van der Waals surface area contributed by atoms with Gasteiger partial charge >= 0.3 is 0 Å². The van der Waals surface area contributed by atoms with Gasteiger partial charge in [0.25, 0.3) is 15.8 Å². The van der Waals surface area contributed by atoms with E-state index in [0.717, 1.165) is 0 Å². The summed E-state index contributed by atoms with van der Waals surface area (Å²) < 4.78 is 51.6. The Balaban J connectivity index is 2.33. The Hall–Kier alpha value is -1.38. The zero-order valence-electron chi connectivity index (χ0n) is 10.3. The minimum atomic E-state index is -3.93. The van der Waals surface area contributed by atoms with Crippen LogP contribution in [-0.2, 0) is 10.0 Å². The van der Waals surface area contributed by atoms with E-state index in [1.165, 1.54) is 30.5 Å². The van der Waals surface area contributed by atoms with Gasteiger partial charge in [-0.3, -0.25) is 4.72 Å². The average Bonchev–Trinajstić information content (AvgIpc) is 2.40. The number of sulfonamides is 1. The quantitative estimate of drug-likeness (QED) is 0.657. The molecule has 1 heterocycles. The maximum atomic E-state index is 12.5. The van der Waals surface area contributed by atoms with Crippen molar-refractivity contribution in [1.82, 2.24) is 4.98 Å². The predicted molar refractivity (Wildman–Crippen MR) is 78.4 cm³/mol. The first-order chi connectivity index (χ1) is 9.88. The minimum Gasteiger partial charge on any atom is -0.278 e. The van der Waals surface area contributed by atoms with Crippen LogP contribution in [0.25, 0.3) is 0 Å². The molecule has 0 bridgehead atoms. The van der Waals surface area contributed by atoms with Gasteiger partial charge in [0.1, 0.15) is 5.15 Å². The SMILES string of the molecule is O=S(=O)(Nc1ccccc1SC(F)F)c1ccnc(Cl)c1. The number of rotatable bonds is 5. The minimum absolute atomic E-state index is 0.0214. The molecule has 0 aliphatic heterocycles. The Labute approximate surface area is 129 Å². The number of halogens is 3. The highest BCUT2D eigenvalue weighted by atomic mass is 35.5. The van der Waals surface area contributed by atoms with Gasteiger partial charge in [0.05, 0.1) is 10.6 Å². The van der Waals surface area contributed by atoms with Crippen molar-refractivity contribution in [3.63, 3.8) is 0 Å². The van der Waals surface area contributed by atoms with Crippen molar-refractivity contribution in [3.8, 4) is 0 Å². The third-order valence-corrected chi connectivity index (χ3v) is 4.71.